The third kappa shape index (κ3) is 3.96. The summed E-state index contributed by atoms with van der Waals surface area (Å²) in [5.74, 6) is -2.12. The van der Waals surface area contributed by atoms with Gasteiger partial charge in [-0.3, -0.25) is 4.79 Å². The van der Waals surface area contributed by atoms with Gasteiger partial charge in [0.1, 0.15) is 6.26 Å². The Balaban J connectivity index is 1.59. The zero-order valence-corrected chi connectivity index (χ0v) is 13.7. The van der Waals surface area contributed by atoms with Crippen molar-refractivity contribution in [1.82, 2.24) is 9.88 Å². The summed E-state index contributed by atoms with van der Waals surface area (Å²) in [5, 5.41) is 0. The Hall–Kier alpha value is -2.48. The van der Waals surface area contributed by atoms with Gasteiger partial charge in [-0.05, 0) is 18.6 Å². The fraction of sp³-hybridized carbons (Fsp3) is 0.412. The molecule has 1 aliphatic heterocycles. The number of ether oxygens (including phenoxy) is 2. The molecule has 0 saturated carbocycles. The van der Waals surface area contributed by atoms with Gasteiger partial charge in [0.05, 0.1) is 6.61 Å². The van der Waals surface area contributed by atoms with Crippen LogP contribution in [0.1, 0.15) is 22.8 Å². The molecular weight excluding hydrogens is 334 g/mol. The molecule has 6 nitrogen and oxygen atoms in total. The van der Waals surface area contributed by atoms with E-state index in [1.807, 2.05) is 0 Å². The SMILES string of the molecule is COC[C@H]1CCN(C(=O)c2coc(COc3cccc(F)c3F)n2)C1. The summed E-state index contributed by atoms with van der Waals surface area (Å²) in [6, 6.07) is 3.63. The van der Waals surface area contributed by atoms with Crippen LogP contribution < -0.4 is 4.74 Å². The van der Waals surface area contributed by atoms with Crippen molar-refractivity contribution in [2.24, 2.45) is 5.92 Å². The number of likely N-dealkylation sites (tertiary alicyclic amines) is 1. The van der Waals surface area contributed by atoms with E-state index >= 15 is 0 Å². The number of halogens is 2. The lowest BCUT2D eigenvalue weighted by molar-refractivity contribution is 0.0769. The summed E-state index contributed by atoms with van der Waals surface area (Å²) in [4.78, 5) is 18.2. The van der Waals surface area contributed by atoms with Gasteiger partial charge in [0.2, 0.25) is 11.7 Å². The number of rotatable bonds is 6. The summed E-state index contributed by atoms with van der Waals surface area (Å²) in [6.45, 7) is 1.65. The molecule has 1 aromatic carbocycles. The Kier molecular flexibility index (Phi) is 5.28. The molecule has 2 heterocycles. The van der Waals surface area contributed by atoms with Crippen molar-refractivity contribution < 1.29 is 27.5 Å². The van der Waals surface area contributed by atoms with Crippen LogP contribution in [0.2, 0.25) is 0 Å². The highest BCUT2D eigenvalue weighted by molar-refractivity contribution is 5.92. The molecule has 0 radical (unpaired) electrons. The molecule has 1 aliphatic rings. The van der Waals surface area contributed by atoms with E-state index < -0.39 is 11.6 Å². The minimum Gasteiger partial charge on any atom is -0.481 e. The Morgan fingerprint density at radius 1 is 1.44 bits per heavy atom. The monoisotopic (exact) mass is 352 g/mol. The number of oxazole rings is 1. The average Bonchev–Trinajstić information content (AvgIpc) is 3.25. The summed E-state index contributed by atoms with van der Waals surface area (Å²) in [7, 11) is 1.63. The molecule has 3 rings (SSSR count). The second-order valence-corrected chi connectivity index (χ2v) is 5.83. The average molecular weight is 352 g/mol. The van der Waals surface area contributed by atoms with E-state index in [2.05, 4.69) is 4.98 Å². The molecule has 8 heteroatoms. The Bertz CT molecular complexity index is 750. The first-order valence-electron chi connectivity index (χ1n) is 7.88. The van der Waals surface area contributed by atoms with Crippen molar-refractivity contribution in [3.8, 4) is 5.75 Å². The summed E-state index contributed by atoms with van der Waals surface area (Å²) in [5.41, 5.74) is 0.163. The minimum absolute atomic E-state index is 0.111. The largest absolute Gasteiger partial charge is 0.481 e. The molecule has 0 N–H and O–H groups in total. The van der Waals surface area contributed by atoms with E-state index in [0.29, 0.717) is 25.6 Å². The Morgan fingerprint density at radius 2 is 2.28 bits per heavy atom. The van der Waals surface area contributed by atoms with Gasteiger partial charge in [0, 0.05) is 26.1 Å². The lowest BCUT2D eigenvalue weighted by atomic mass is 10.1. The maximum atomic E-state index is 13.5. The number of amides is 1. The highest BCUT2D eigenvalue weighted by Crippen LogP contribution is 2.21. The van der Waals surface area contributed by atoms with Gasteiger partial charge in [-0.15, -0.1) is 0 Å². The molecule has 1 fully saturated rings. The summed E-state index contributed by atoms with van der Waals surface area (Å²) in [6.07, 6.45) is 2.12. The van der Waals surface area contributed by atoms with Crippen molar-refractivity contribution >= 4 is 5.91 Å². The normalized spacial score (nSPS) is 17.1. The third-order valence-electron chi connectivity index (χ3n) is 4.01. The van der Waals surface area contributed by atoms with Crippen LogP contribution in [-0.2, 0) is 11.3 Å². The molecular formula is C17H18F2N2O4. The smallest absolute Gasteiger partial charge is 0.275 e. The quantitative estimate of drug-likeness (QED) is 0.800. The molecule has 0 spiro atoms. The van der Waals surface area contributed by atoms with Crippen LogP contribution in [0.25, 0.3) is 0 Å². The van der Waals surface area contributed by atoms with E-state index in [4.69, 9.17) is 13.9 Å². The highest BCUT2D eigenvalue weighted by Gasteiger charge is 2.28. The van der Waals surface area contributed by atoms with Crippen LogP contribution in [-0.4, -0.2) is 42.6 Å². The fourth-order valence-corrected chi connectivity index (χ4v) is 2.76. The predicted molar refractivity (Wildman–Crippen MR) is 83.1 cm³/mol. The van der Waals surface area contributed by atoms with Gasteiger partial charge in [0.15, 0.2) is 23.9 Å². The number of aromatic nitrogens is 1. The number of hydrogen-bond donors (Lipinski definition) is 0. The standard InChI is InChI=1S/C17H18F2N2O4/c1-23-8-11-5-6-21(7-11)17(22)13-9-25-15(20-13)10-24-14-4-2-3-12(18)16(14)19/h2-4,9,11H,5-8,10H2,1H3/t11-/m0/s1. The maximum absolute atomic E-state index is 13.5. The lowest BCUT2D eigenvalue weighted by Gasteiger charge is -2.14. The molecule has 0 bridgehead atoms. The number of carbonyl (C=O) groups excluding carboxylic acids is 1. The predicted octanol–water partition coefficient (Wildman–Crippen LogP) is 2.64. The van der Waals surface area contributed by atoms with Gasteiger partial charge in [-0.25, -0.2) is 9.37 Å². The van der Waals surface area contributed by atoms with Gasteiger partial charge < -0.3 is 18.8 Å². The van der Waals surface area contributed by atoms with E-state index in [1.165, 1.54) is 18.4 Å². The van der Waals surface area contributed by atoms with Crippen molar-refractivity contribution in [1.29, 1.82) is 0 Å². The Morgan fingerprint density at radius 3 is 3.08 bits per heavy atom. The molecule has 1 aromatic heterocycles. The van der Waals surface area contributed by atoms with E-state index in [1.54, 1.807) is 12.0 Å². The number of nitrogens with zero attached hydrogens (tertiary/aromatic N) is 2. The first-order chi connectivity index (χ1) is 12.1. The topological polar surface area (TPSA) is 64.8 Å². The molecule has 2 aromatic rings. The van der Waals surface area contributed by atoms with Crippen molar-refractivity contribution in [2.45, 2.75) is 13.0 Å². The maximum Gasteiger partial charge on any atom is 0.275 e. The molecule has 134 valence electrons. The number of methoxy groups -OCH3 is 1. The molecule has 25 heavy (non-hydrogen) atoms. The molecule has 0 aliphatic carbocycles. The summed E-state index contributed by atoms with van der Waals surface area (Å²) >= 11 is 0. The molecule has 1 saturated heterocycles. The number of carbonyl (C=O) groups is 1. The third-order valence-corrected chi connectivity index (χ3v) is 4.01. The van der Waals surface area contributed by atoms with Crippen LogP contribution in [0, 0.1) is 17.6 Å². The van der Waals surface area contributed by atoms with Crippen molar-refractivity contribution in [3.05, 3.63) is 47.7 Å². The molecule has 1 atom stereocenters. The lowest BCUT2D eigenvalue weighted by Crippen LogP contribution is -2.29. The second kappa shape index (κ2) is 7.60. The van der Waals surface area contributed by atoms with Crippen LogP contribution in [0.3, 0.4) is 0 Å². The van der Waals surface area contributed by atoms with E-state index in [0.717, 1.165) is 12.5 Å². The Labute approximate surface area is 143 Å². The fourth-order valence-electron chi connectivity index (χ4n) is 2.76. The zero-order chi connectivity index (χ0) is 17.8. The first kappa shape index (κ1) is 17.3. The van der Waals surface area contributed by atoms with Crippen molar-refractivity contribution in [3.63, 3.8) is 0 Å². The van der Waals surface area contributed by atoms with E-state index in [-0.39, 0.29) is 29.8 Å². The zero-order valence-electron chi connectivity index (χ0n) is 13.7. The van der Waals surface area contributed by atoms with Crippen LogP contribution in [0.4, 0.5) is 8.78 Å². The molecule has 0 unspecified atom stereocenters. The van der Waals surface area contributed by atoms with Gasteiger partial charge in [-0.2, -0.15) is 4.39 Å². The second-order valence-electron chi connectivity index (χ2n) is 5.83. The summed E-state index contributed by atoms with van der Waals surface area (Å²) < 4.78 is 42.1. The van der Waals surface area contributed by atoms with Gasteiger partial charge in [0.25, 0.3) is 5.91 Å². The van der Waals surface area contributed by atoms with Crippen LogP contribution in [0.5, 0.6) is 5.75 Å². The van der Waals surface area contributed by atoms with Gasteiger partial charge in [-0.1, -0.05) is 6.07 Å². The minimum atomic E-state index is -1.08. The van der Waals surface area contributed by atoms with Crippen LogP contribution in [0.15, 0.2) is 28.9 Å². The number of hydrogen-bond acceptors (Lipinski definition) is 5. The molecule has 1 amide bonds. The van der Waals surface area contributed by atoms with E-state index in [9.17, 15) is 13.6 Å². The van der Waals surface area contributed by atoms with Crippen LogP contribution >= 0.6 is 0 Å². The van der Waals surface area contributed by atoms with Crippen molar-refractivity contribution in [2.75, 3.05) is 26.8 Å². The first-order valence-corrected chi connectivity index (χ1v) is 7.88. The number of benzene rings is 1. The highest BCUT2D eigenvalue weighted by atomic mass is 19.2. The van der Waals surface area contributed by atoms with Gasteiger partial charge >= 0.3 is 0 Å².